The van der Waals surface area contributed by atoms with Gasteiger partial charge in [0.15, 0.2) is 0 Å². The molecule has 2 unspecified atom stereocenters. The van der Waals surface area contributed by atoms with Gasteiger partial charge in [-0.1, -0.05) is 41.9 Å². The van der Waals surface area contributed by atoms with Crippen LogP contribution in [0.15, 0.2) is 47.1 Å². The third kappa shape index (κ3) is 4.14. The van der Waals surface area contributed by atoms with Crippen molar-refractivity contribution in [2.45, 2.75) is 39.2 Å². The van der Waals surface area contributed by atoms with Crippen LogP contribution in [0.5, 0.6) is 0 Å². The summed E-state index contributed by atoms with van der Waals surface area (Å²) < 4.78 is 1.12. The molecule has 2 aromatic rings. The third-order valence-corrected chi connectivity index (χ3v) is 4.34. The molecule has 2 atom stereocenters. The molecule has 0 aliphatic heterocycles. The fourth-order valence-electron chi connectivity index (χ4n) is 2.62. The highest BCUT2D eigenvalue weighted by molar-refractivity contribution is 9.10. The Balaban J connectivity index is 2.36. The van der Waals surface area contributed by atoms with Crippen molar-refractivity contribution in [2.75, 3.05) is 6.54 Å². The van der Waals surface area contributed by atoms with Crippen LogP contribution in [-0.4, -0.2) is 11.5 Å². The topological polar surface area (TPSA) is 24.9 Å². The summed E-state index contributed by atoms with van der Waals surface area (Å²) in [6.45, 7) is 7.63. The van der Waals surface area contributed by atoms with Crippen molar-refractivity contribution >= 4 is 15.9 Å². The largest absolute Gasteiger partial charge is 0.309 e. The first kappa shape index (κ1) is 16.2. The molecule has 3 heteroatoms. The fraction of sp³-hybridized carbons (Fsp3) is 0.389. The predicted octanol–water partition coefficient (Wildman–Crippen LogP) is 5.00. The Bertz CT molecular complexity index is 569. The molecule has 1 aromatic carbocycles. The minimum atomic E-state index is 0.275. The van der Waals surface area contributed by atoms with Crippen LogP contribution in [-0.2, 0) is 0 Å². The van der Waals surface area contributed by atoms with E-state index in [1.165, 1.54) is 11.1 Å². The maximum absolute atomic E-state index is 4.53. The molecule has 0 aliphatic carbocycles. The number of halogens is 1. The summed E-state index contributed by atoms with van der Waals surface area (Å²) in [5.41, 5.74) is 3.79. The van der Waals surface area contributed by atoms with Crippen LogP contribution in [0.1, 0.15) is 49.0 Å². The van der Waals surface area contributed by atoms with Crippen LogP contribution >= 0.6 is 15.9 Å². The monoisotopic (exact) mass is 346 g/mol. The van der Waals surface area contributed by atoms with Crippen LogP contribution in [0.25, 0.3) is 0 Å². The van der Waals surface area contributed by atoms with Crippen molar-refractivity contribution in [2.24, 2.45) is 0 Å². The number of aromatic nitrogens is 1. The Labute approximate surface area is 136 Å². The zero-order valence-corrected chi connectivity index (χ0v) is 14.5. The molecule has 0 saturated heterocycles. The van der Waals surface area contributed by atoms with Gasteiger partial charge in [-0.2, -0.15) is 0 Å². The summed E-state index contributed by atoms with van der Waals surface area (Å²) in [5.74, 6) is 0.325. The smallest absolute Gasteiger partial charge is 0.0450 e. The number of pyridine rings is 1. The average molecular weight is 347 g/mol. The second kappa shape index (κ2) is 7.71. The van der Waals surface area contributed by atoms with Gasteiger partial charge in [0.1, 0.15) is 0 Å². The molecule has 0 bridgehead atoms. The van der Waals surface area contributed by atoms with Crippen LogP contribution < -0.4 is 5.32 Å². The zero-order chi connectivity index (χ0) is 15.2. The normalized spacial score (nSPS) is 13.9. The lowest BCUT2D eigenvalue weighted by Gasteiger charge is -2.27. The van der Waals surface area contributed by atoms with Crippen LogP contribution in [0.4, 0.5) is 0 Å². The van der Waals surface area contributed by atoms with Gasteiger partial charge in [0.05, 0.1) is 0 Å². The predicted molar refractivity (Wildman–Crippen MR) is 92.6 cm³/mol. The molecular weight excluding hydrogens is 324 g/mol. The van der Waals surface area contributed by atoms with E-state index in [-0.39, 0.29) is 6.04 Å². The highest BCUT2D eigenvalue weighted by Gasteiger charge is 2.22. The van der Waals surface area contributed by atoms with Crippen LogP contribution in [0.2, 0.25) is 0 Å². The van der Waals surface area contributed by atoms with Gasteiger partial charge in [-0.15, -0.1) is 0 Å². The van der Waals surface area contributed by atoms with Crippen molar-refractivity contribution in [3.05, 3.63) is 63.9 Å². The molecular formula is C18H23BrN2. The molecule has 0 spiro atoms. The minimum absolute atomic E-state index is 0.275. The molecule has 112 valence electrons. The summed E-state index contributed by atoms with van der Waals surface area (Å²) in [5, 5.41) is 3.69. The Hall–Kier alpha value is -1.19. The van der Waals surface area contributed by atoms with Gasteiger partial charge in [0, 0.05) is 28.3 Å². The highest BCUT2D eigenvalue weighted by atomic mass is 79.9. The number of nitrogens with zero attached hydrogens (tertiary/aromatic N) is 1. The van der Waals surface area contributed by atoms with E-state index in [0.717, 1.165) is 23.1 Å². The quantitative estimate of drug-likeness (QED) is 0.796. The van der Waals surface area contributed by atoms with Crippen molar-refractivity contribution in [1.29, 1.82) is 0 Å². The van der Waals surface area contributed by atoms with Crippen molar-refractivity contribution < 1.29 is 0 Å². The zero-order valence-electron chi connectivity index (χ0n) is 12.9. The maximum atomic E-state index is 4.53. The first-order valence-corrected chi connectivity index (χ1v) is 8.33. The number of nitrogens with one attached hydrogen (secondary N) is 1. The molecule has 0 aliphatic rings. The van der Waals surface area contributed by atoms with Gasteiger partial charge in [-0.3, -0.25) is 4.98 Å². The van der Waals surface area contributed by atoms with E-state index in [0.29, 0.717) is 5.92 Å². The molecule has 1 aromatic heterocycles. The maximum Gasteiger partial charge on any atom is 0.0450 e. The summed E-state index contributed by atoms with van der Waals surface area (Å²) in [6.07, 6.45) is 3.00. The number of hydrogen-bond donors (Lipinski definition) is 1. The lowest BCUT2D eigenvalue weighted by molar-refractivity contribution is 0.458. The minimum Gasteiger partial charge on any atom is -0.309 e. The summed E-state index contributed by atoms with van der Waals surface area (Å²) in [4.78, 5) is 4.53. The number of aryl methyl sites for hydroxylation is 1. The van der Waals surface area contributed by atoms with E-state index in [9.17, 15) is 0 Å². The van der Waals surface area contributed by atoms with Crippen LogP contribution in [0, 0.1) is 6.92 Å². The van der Waals surface area contributed by atoms with E-state index in [1.807, 2.05) is 12.3 Å². The van der Waals surface area contributed by atoms with Crippen molar-refractivity contribution in [3.8, 4) is 0 Å². The van der Waals surface area contributed by atoms with E-state index < -0.39 is 0 Å². The SMILES string of the molecule is CCCNC(c1cc(Br)ccc1C)C(C)c1ccccn1. The second-order valence-corrected chi connectivity index (χ2v) is 6.39. The molecule has 1 N–H and O–H groups in total. The highest BCUT2D eigenvalue weighted by Crippen LogP contribution is 2.32. The molecule has 0 saturated carbocycles. The molecule has 0 fully saturated rings. The van der Waals surface area contributed by atoms with E-state index in [4.69, 9.17) is 0 Å². The molecule has 1 heterocycles. The van der Waals surface area contributed by atoms with E-state index >= 15 is 0 Å². The average Bonchev–Trinajstić information content (AvgIpc) is 2.51. The van der Waals surface area contributed by atoms with Gasteiger partial charge in [-0.05, 0) is 55.3 Å². The Morgan fingerprint density at radius 2 is 2.05 bits per heavy atom. The van der Waals surface area contributed by atoms with Gasteiger partial charge in [0.2, 0.25) is 0 Å². The summed E-state index contributed by atoms with van der Waals surface area (Å²) in [6, 6.07) is 12.9. The van der Waals surface area contributed by atoms with E-state index in [2.05, 4.69) is 77.3 Å². The molecule has 2 nitrogen and oxygen atoms in total. The van der Waals surface area contributed by atoms with Crippen LogP contribution in [0.3, 0.4) is 0 Å². The fourth-order valence-corrected chi connectivity index (χ4v) is 3.00. The van der Waals surface area contributed by atoms with Gasteiger partial charge in [0.25, 0.3) is 0 Å². The Kier molecular flexibility index (Phi) is 5.95. The molecule has 0 amide bonds. The molecule has 21 heavy (non-hydrogen) atoms. The molecule has 2 rings (SSSR count). The molecule has 0 radical (unpaired) electrons. The lowest BCUT2D eigenvalue weighted by atomic mass is 9.89. The summed E-state index contributed by atoms with van der Waals surface area (Å²) >= 11 is 3.59. The second-order valence-electron chi connectivity index (χ2n) is 5.48. The van der Waals surface area contributed by atoms with Gasteiger partial charge >= 0.3 is 0 Å². The first-order valence-electron chi connectivity index (χ1n) is 7.53. The number of benzene rings is 1. The van der Waals surface area contributed by atoms with Gasteiger partial charge in [-0.25, -0.2) is 0 Å². The Morgan fingerprint density at radius 1 is 1.24 bits per heavy atom. The lowest BCUT2D eigenvalue weighted by Crippen LogP contribution is -2.27. The number of rotatable bonds is 6. The first-order chi connectivity index (χ1) is 10.1. The Morgan fingerprint density at radius 3 is 2.71 bits per heavy atom. The summed E-state index contributed by atoms with van der Waals surface area (Å²) in [7, 11) is 0. The third-order valence-electron chi connectivity index (χ3n) is 3.84. The van der Waals surface area contributed by atoms with Crippen molar-refractivity contribution in [3.63, 3.8) is 0 Å². The van der Waals surface area contributed by atoms with Gasteiger partial charge < -0.3 is 5.32 Å². The standard InChI is InChI=1S/C18H23BrN2/c1-4-10-21-18(14(3)17-7-5-6-11-20-17)16-12-15(19)9-8-13(16)2/h5-9,11-12,14,18,21H,4,10H2,1-3H3. The van der Waals surface area contributed by atoms with Crippen molar-refractivity contribution in [1.82, 2.24) is 10.3 Å². The number of hydrogen-bond acceptors (Lipinski definition) is 2. The van der Waals surface area contributed by atoms with E-state index in [1.54, 1.807) is 0 Å².